The topological polar surface area (TPSA) is 78.4 Å². The van der Waals surface area contributed by atoms with Crippen LogP contribution < -0.4 is 10.9 Å². The minimum absolute atomic E-state index is 0.165. The maximum atomic E-state index is 11.7. The van der Waals surface area contributed by atoms with E-state index in [9.17, 15) is 14.7 Å². The number of hydrogen-bond acceptors (Lipinski definition) is 4. The van der Waals surface area contributed by atoms with Gasteiger partial charge in [-0.05, 0) is 46.1 Å². The van der Waals surface area contributed by atoms with Gasteiger partial charge in [0.1, 0.15) is 5.75 Å². The van der Waals surface area contributed by atoms with Crippen LogP contribution in [0.4, 0.5) is 0 Å². The average molecular weight is 369 g/mol. The lowest BCUT2D eigenvalue weighted by Gasteiger charge is -2.07. The molecule has 0 aliphatic heterocycles. The van der Waals surface area contributed by atoms with Crippen molar-refractivity contribution in [1.29, 1.82) is 0 Å². The fraction of sp³-hybridized carbons (Fsp3) is 0.143. The molecule has 0 saturated carbocycles. The van der Waals surface area contributed by atoms with E-state index in [0.717, 1.165) is 3.79 Å². The third-order valence-electron chi connectivity index (χ3n) is 2.73. The Bertz CT molecular complexity index is 657. The minimum Gasteiger partial charge on any atom is -0.508 e. The maximum Gasteiger partial charge on any atom is 0.279 e. The molecule has 0 fully saturated rings. The highest BCUT2D eigenvalue weighted by atomic mass is 79.9. The van der Waals surface area contributed by atoms with Crippen LogP contribution in [0.25, 0.3) is 0 Å². The molecule has 110 valence electrons. The number of halogens is 1. The van der Waals surface area contributed by atoms with Gasteiger partial charge < -0.3 is 5.11 Å². The molecule has 0 bridgehead atoms. The van der Waals surface area contributed by atoms with Gasteiger partial charge in [0.15, 0.2) is 0 Å². The number of hydrazine groups is 1. The Labute approximate surface area is 134 Å². The second kappa shape index (κ2) is 7.24. The van der Waals surface area contributed by atoms with E-state index in [2.05, 4.69) is 26.8 Å². The fourth-order valence-electron chi connectivity index (χ4n) is 1.66. The highest BCUT2D eigenvalue weighted by Crippen LogP contribution is 2.21. The predicted octanol–water partition coefficient (Wildman–Crippen LogP) is 2.61. The molecule has 0 unspecified atom stereocenters. The molecule has 5 nitrogen and oxygen atoms in total. The Kier molecular flexibility index (Phi) is 5.35. The second-order valence-electron chi connectivity index (χ2n) is 4.23. The number of carbonyl (C=O) groups is 2. The van der Waals surface area contributed by atoms with Gasteiger partial charge in [-0.3, -0.25) is 20.4 Å². The van der Waals surface area contributed by atoms with Crippen molar-refractivity contribution in [3.8, 4) is 5.75 Å². The van der Waals surface area contributed by atoms with Gasteiger partial charge in [-0.1, -0.05) is 18.2 Å². The molecule has 0 radical (unpaired) electrons. The van der Waals surface area contributed by atoms with E-state index < -0.39 is 0 Å². The van der Waals surface area contributed by atoms with Gasteiger partial charge in [0.05, 0.1) is 8.66 Å². The molecule has 2 amide bonds. The summed E-state index contributed by atoms with van der Waals surface area (Å²) in [5, 5.41) is 9.59. The molecule has 3 N–H and O–H groups in total. The molecule has 0 aliphatic carbocycles. The number of carbonyl (C=O) groups excluding carboxylic acids is 2. The first-order valence-corrected chi connectivity index (χ1v) is 7.78. The van der Waals surface area contributed by atoms with Gasteiger partial charge >= 0.3 is 0 Å². The zero-order chi connectivity index (χ0) is 15.2. The van der Waals surface area contributed by atoms with Crippen LogP contribution in [0.2, 0.25) is 0 Å². The average Bonchev–Trinajstić information content (AvgIpc) is 2.90. The number of aromatic hydroxyl groups is 1. The van der Waals surface area contributed by atoms with Crippen LogP contribution in [0.3, 0.4) is 0 Å². The molecule has 1 aromatic heterocycles. The van der Waals surface area contributed by atoms with Crippen molar-refractivity contribution in [2.75, 3.05) is 0 Å². The molecule has 0 spiro atoms. The number of thiophene rings is 1. The van der Waals surface area contributed by atoms with Crippen molar-refractivity contribution in [1.82, 2.24) is 10.9 Å². The molecule has 0 aliphatic rings. The number of nitrogens with one attached hydrogen (secondary N) is 2. The number of hydrogen-bond donors (Lipinski definition) is 3. The van der Waals surface area contributed by atoms with E-state index in [1.54, 1.807) is 36.4 Å². The predicted molar refractivity (Wildman–Crippen MR) is 84.1 cm³/mol. The van der Waals surface area contributed by atoms with Crippen molar-refractivity contribution in [3.05, 3.63) is 50.6 Å². The number of rotatable bonds is 4. The van der Waals surface area contributed by atoms with E-state index in [1.165, 1.54) is 11.3 Å². The summed E-state index contributed by atoms with van der Waals surface area (Å²) in [7, 11) is 0. The van der Waals surface area contributed by atoms with Crippen molar-refractivity contribution in [2.24, 2.45) is 0 Å². The number of benzene rings is 1. The number of aryl methyl sites for hydroxylation is 1. The summed E-state index contributed by atoms with van der Waals surface area (Å²) in [5.41, 5.74) is 5.40. The smallest absolute Gasteiger partial charge is 0.279 e. The van der Waals surface area contributed by atoms with Gasteiger partial charge in [0, 0.05) is 6.42 Å². The number of para-hydroxylation sites is 1. The summed E-state index contributed by atoms with van der Waals surface area (Å²) < 4.78 is 0.846. The highest BCUT2D eigenvalue weighted by Gasteiger charge is 2.10. The monoisotopic (exact) mass is 368 g/mol. The van der Waals surface area contributed by atoms with Gasteiger partial charge in [-0.15, -0.1) is 11.3 Å². The summed E-state index contributed by atoms with van der Waals surface area (Å²) in [6.45, 7) is 0. The Morgan fingerprint density at radius 3 is 2.57 bits per heavy atom. The first-order valence-electron chi connectivity index (χ1n) is 6.17. The molecule has 2 rings (SSSR count). The number of phenols is 1. The summed E-state index contributed by atoms with van der Waals surface area (Å²) in [4.78, 5) is 23.9. The first kappa shape index (κ1) is 15.5. The van der Waals surface area contributed by atoms with Crippen LogP contribution in [0.1, 0.15) is 21.7 Å². The van der Waals surface area contributed by atoms with Crippen LogP contribution >= 0.6 is 27.3 Å². The molecule has 2 aromatic rings. The Morgan fingerprint density at radius 2 is 1.90 bits per heavy atom. The Balaban J connectivity index is 1.78. The standard InChI is InChI=1S/C14H13BrN2O3S/c15-12-7-6-11(21-12)14(20)17-16-13(19)8-5-9-3-1-2-4-10(9)18/h1-4,6-7,18H,5,8H2,(H,16,19)(H,17,20). The lowest BCUT2D eigenvalue weighted by atomic mass is 10.1. The van der Waals surface area contributed by atoms with Gasteiger partial charge in [0.2, 0.25) is 5.91 Å². The summed E-state index contributed by atoms with van der Waals surface area (Å²) in [6.07, 6.45) is 0.574. The third-order valence-corrected chi connectivity index (χ3v) is 4.35. The van der Waals surface area contributed by atoms with Crippen LogP contribution in [0.15, 0.2) is 40.2 Å². The molecule has 0 saturated heterocycles. The van der Waals surface area contributed by atoms with Crippen molar-refractivity contribution in [2.45, 2.75) is 12.8 Å². The molecular formula is C14H13BrN2O3S. The van der Waals surface area contributed by atoms with Gasteiger partial charge in [-0.25, -0.2) is 0 Å². The zero-order valence-electron chi connectivity index (χ0n) is 10.9. The van der Waals surface area contributed by atoms with Crippen LogP contribution in [-0.4, -0.2) is 16.9 Å². The number of phenolic OH excluding ortho intramolecular Hbond substituents is 1. The van der Waals surface area contributed by atoms with E-state index in [1.807, 2.05) is 0 Å². The normalized spacial score (nSPS) is 10.1. The molecule has 7 heteroatoms. The lowest BCUT2D eigenvalue weighted by molar-refractivity contribution is -0.121. The van der Waals surface area contributed by atoms with Crippen molar-refractivity contribution in [3.63, 3.8) is 0 Å². The Hall–Kier alpha value is -1.86. The van der Waals surface area contributed by atoms with Crippen LogP contribution in [0, 0.1) is 0 Å². The summed E-state index contributed by atoms with van der Waals surface area (Å²) in [5.74, 6) is -0.512. The van der Waals surface area contributed by atoms with Crippen LogP contribution in [0.5, 0.6) is 5.75 Å². The Morgan fingerprint density at radius 1 is 1.14 bits per heavy atom. The van der Waals surface area contributed by atoms with Gasteiger partial charge in [-0.2, -0.15) is 0 Å². The van der Waals surface area contributed by atoms with Crippen molar-refractivity contribution >= 4 is 39.1 Å². The molecule has 1 aromatic carbocycles. The van der Waals surface area contributed by atoms with E-state index in [0.29, 0.717) is 16.9 Å². The van der Waals surface area contributed by atoms with Crippen molar-refractivity contribution < 1.29 is 14.7 Å². The fourth-order valence-corrected chi connectivity index (χ4v) is 2.94. The lowest BCUT2D eigenvalue weighted by Crippen LogP contribution is -2.41. The van der Waals surface area contributed by atoms with Crippen LogP contribution in [-0.2, 0) is 11.2 Å². The third kappa shape index (κ3) is 4.57. The largest absolute Gasteiger partial charge is 0.508 e. The van der Waals surface area contributed by atoms with E-state index in [-0.39, 0.29) is 24.0 Å². The second-order valence-corrected chi connectivity index (χ2v) is 6.70. The summed E-state index contributed by atoms with van der Waals surface area (Å²) >= 11 is 4.55. The first-order chi connectivity index (χ1) is 10.1. The zero-order valence-corrected chi connectivity index (χ0v) is 13.3. The molecule has 1 heterocycles. The van der Waals surface area contributed by atoms with Gasteiger partial charge in [0.25, 0.3) is 5.91 Å². The maximum absolute atomic E-state index is 11.7. The minimum atomic E-state index is -0.360. The molecule has 21 heavy (non-hydrogen) atoms. The van der Waals surface area contributed by atoms with E-state index in [4.69, 9.17) is 0 Å². The summed E-state index contributed by atoms with van der Waals surface area (Å²) in [6, 6.07) is 10.3. The number of amides is 2. The van der Waals surface area contributed by atoms with E-state index >= 15 is 0 Å². The SMILES string of the molecule is O=C(CCc1ccccc1O)NNC(=O)c1ccc(Br)s1. The molecule has 0 atom stereocenters. The quantitative estimate of drug-likeness (QED) is 0.725. The highest BCUT2D eigenvalue weighted by molar-refractivity contribution is 9.11. The molecular weight excluding hydrogens is 356 g/mol.